The number of H-pyrrole nitrogens is 1. The molecule has 1 atom stereocenters. The first-order valence-corrected chi connectivity index (χ1v) is 13.3. The number of ether oxygens (including phenoxy) is 1. The minimum absolute atomic E-state index is 0.246. The number of hydrogen-bond acceptors (Lipinski definition) is 7. The molecule has 0 bridgehead atoms. The van der Waals surface area contributed by atoms with Crippen molar-refractivity contribution < 1.29 is 78.3 Å². The molecular formula is C29H26F10N4O7. The molecule has 0 unspecified atom stereocenters. The quantitative estimate of drug-likeness (QED) is 0.142. The number of aryl methyl sites for hydroxylation is 2. The van der Waals surface area contributed by atoms with Crippen molar-refractivity contribution in [2.45, 2.75) is 44.8 Å². The molecule has 2 aromatic heterocycles. The molecule has 0 amide bonds. The number of rotatable bonds is 6. The SMILES string of the molecule is Cc1ccc(F)cc1C[C@H](N)COc1cncc(-c2ccc3n[nH]c(C)c3c2)c1.O=C(O)C(F)(F)F.O=C(O)C(F)(F)F.O=C(O)C(F)(F)F. The summed E-state index contributed by atoms with van der Waals surface area (Å²) < 4.78 is 115. The van der Waals surface area contributed by atoms with Crippen LogP contribution in [0.5, 0.6) is 5.75 Å². The van der Waals surface area contributed by atoms with Gasteiger partial charge in [-0.2, -0.15) is 44.6 Å². The Morgan fingerprint density at radius 2 is 1.32 bits per heavy atom. The van der Waals surface area contributed by atoms with Crippen LogP contribution in [0.1, 0.15) is 16.8 Å². The fourth-order valence-corrected chi connectivity index (χ4v) is 3.38. The zero-order valence-electron chi connectivity index (χ0n) is 25.4. The van der Waals surface area contributed by atoms with E-state index in [4.69, 9.17) is 40.2 Å². The van der Waals surface area contributed by atoms with Crippen LogP contribution < -0.4 is 10.5 Å². The summed E-state index contributed by atoms with van der Waals surface area (Å²) in [5.41, 5.74) is 12.1. The van der Waals surface area contributed by atoms with E-state index in [1.54, 1.807) is 18.5 Å². The first-order valence-electron chi connectivity index (χ1n) is 13.3. The lowest BCUT2D eigenvalue weighted by Crippen LogP contribution is -2.30. The number of aliphatic carboxylic acids is 3. The van der Waals surface area contributed by atoms with Crippen molar-refractivity contribution in [3.63, 3.8) is 0 Å². The Kier molecular flexibility index (Phi) is 15.1. The number of carbonyl (C=O) groups is 3. The van der Waals surface area contributed by atoms with E-state index in [-0.39, 0.29) is 11.9 Å². The summed E-state index contributed by atoms with van der Waals surface area (Å²) in [6.07, 6.45) is -11.2. The molecule has 21 heteroatoms. The Balaban J connectivity index is 0.000000486. The molecule has 0 saturated heterocycles. The molecule has 4 aromatic rings. The molecule has 0 radical (unpaired) electrons. The van der Waals surface area contributed by atoms with Crippen molar-refractivity contribution in [1.82, 2.24) is 15.2 Å². The van der Waals surface area contributed by atoms with Crippen molar-refractivity contribution in [2.24, 2.45) is 5.73 Å². The van der Waals surface area contributed by atoms with E-state index in [1.807, 2.05) is 32.0 Å². The average Bonchev–Trinajstić information content (AvgIpc) is 3.37. The molecule has 0 aliphatic carbocycles. The van der Waals surface area contributed by atoms with Crippen molar-refractivity contribution >= 4 is 28.8 Å². The molecule has 2 heterocycles. The van der Waals surface area contributed by atoms with Crippen LogP contribution in [0.25, 0.3) is 22.0 Å². The van der Waals surface area contributed by atoms with Crippen molar-refractivity contribution in [1.29, 1.82) is 0 Å². The number of fused-ring (bicyclic) bond motifs is 1. The van der Waals surface area contributed by atoms with Gasteiger partial charge in [-0.25, -0.2) is 18.8 Å². The second-order valence-electron chi connectivity index (χ2n) is 9.74. The number of nitrogens with two attached hydrogens (primary N) is 1. The van der Waals surface area contributed by atoms with Crippen LogP contribution in [0.3, 0.4) is 0 Å². The van der Waals surface area contributed by atoms with Crippen LogP contribution in [-0.2, 0) is 20.8 Å². The van der Waals surface area contributed by atoms with Crippen LogP contribution in [0.4, 0.5) is 43.9 Å². The maximum atomic E-state index is 13.5. The van der Waals surface area contributed by atoms with Gasteiger partial charge in [0.05, 0.1) is 11.7 Å². The highest BCUT2D eigenvalue weighted by Crippen LogP contribution is 2.27. The first kappa shape index (κ1) is 42.6. The number of alkyl halides is 9. The zero-order valence-corrected chi connectivity index (χ0v) is 25.4. The Morgan fingerprint density at radius 3 is 1.82 bits per heavy atom. The van der Waals surface area contributed by atoms with Gasteiger partial charge < -0.3 is 25.8 Å². The van der Waals surface area contributed by atoms with E-state index < -0.39 is 36.4 Å². The van der Waals surface area contributed by atoms with Gasteiger partial charge in [-0.1, -0.05) is 12.1 Å². The molecule has 274 valence electrons. The van der Waals surface area contributed by atoms with Crippen molar-refractivity contribution in [2.75, 3.05) is 6.61 Å². The Bertz CT molecular complexity index is 1700. The molecule has 4 rings (SSSR count). The van der Waals surface area contributed by atoms with Gasteiger partial charge in [0, 0.05) is 28.9 Å². The number of carboxylic acid groups (broad SMARTS) is 3. The highest BCUT2D eigenvalue weighted by Gasteiger charge is 2.39. The molecule has 6 N–H and O–H groups in total. The van der Waals surface area contributed by atoms with Crippen LogP contribution in [0.15, 0.2) is 54.9 Å². The van der Waals surface area contributed by atoms with Gasteiger partial charge in [-0.15, -0.1) is 0 Å². The molecule has 11 nitrogen and oxygen atoms in total. The molecule has 0 aliphatic heterocycles. The van der Waals surface area contributed by atoms with Crippen LogP contribution in [0.2, 0.25) is 0 Å². The number of hydrogen-bond donors (Lipinski definition) is 5. The summed E-state index contributed by atoms with van der Waals surface area (Å²) in [6.45, 7) is 4.27. The summed E-state index contributed by atoms with van der Waals surface area (Å²) >= 11 is 0. The lowest BCUT2D eigenvalue weighted by molar-refractivity contribution is -0.193. The lowest BCUT2D eigenvalue weighted by Gasteiger charge is -2.15. The number of carboxylic acids is 3. The van der Waals surface area contributed by atoms with E-state index >= 15 is 0 Å². The topological polar surface area (TPSA) is 189 Å². The minimum atomic E-state index is -5.08. The number of benzene rings is 2. The maximum Gasteiger partial charge on any atom is 0.490 e. The average molecular weight is 733 g/mol. The fourth-order valence-electron chi connectivity index (χ4n) is 3.38. The summed E-state index contributed by atoms with van der Waals surface area (Å²) in [5, 5.41) is 29.7. The summed E-state index contributed by atoms with van der Waals surface area (Å²) in [4.78, 5) is 31.0. The predicted octanol–water partition coefficient (Wildman–Crippen LogP) is 6.23. The maximum absolute atomic E-state index is 13.5. The number of pyridine rings is 1. The minimum Gasteiger partial charge on any atom is -0.490 e. The van der Waals surface area contributed by atoms with Crippen LogP contribution >= 0.6 is 0 Å². The van der Waals surface area contributed by atoms with Gasteiger partial charge >= 0.3 is 36.4 Å². The molecule has 0 spiro atoms. The third kappa shape index (κ3) is 14.7. The highest BCUT2D eigenvalue weighted by atomic mass is 19.4. The number of aromatic amines is 1. The summed E-state index contributed by atoms with van der Waals surface area (Å²) in [7, 11) is 0. The van der Waals surface area contributed by atoms with Crippen LogP contribution in [-0.4, -0.2) is 79.6 Å². The smallest absolute Gasteiger partial charge is 0.490 e. The molecule has 0 aliphatic rings. The summed E-state index contributed by atoms with van der Waals surface area (Å²) in [6, 6.07) is 12.6. The number of halogens is 10. The van der Waals surface area contributed by atoms with E-state index in [2.05, 4.69) is 21.2 Å². The highest BCUT2D eigenvalue weighted by molar-refractivity contribution is 5.86. The van der Waals surface area contributed by atoms with Gasteiger partial charge in [0.25, 0.3) is 0 Å². The van der Waals surface area contributed by atoms with Gasteiger partial charge in [0.15, 0.2) is 0 Å². The largest absolute Gasteiger partial charge is 0.490 e. The zero-order chi connectivity index (χ0) is 38.6. The molecule has 50 heavy (non-hydrogen) atoms. The monoisotopic (exact) mass is 732 g/mol. The third-order valence-corrected chi connectivity index (χ3v) is 5.78. The third-order valence-electron chi connectivity index (χ3n) is 5.78. The second-order valence-corrected chi connectivity index (χ2v) is 9.74. The predicted molar refractivity (Wildman–Crippen MR) is 153 cm³/mol. The molecule has 0 fully saturated rings. The van der Waals surface area contributed by atoms with Crippen LogP contribution in [0, 0.1) is 19.7 Å². The van der Waals surface area contributed by atoms with Gasteiger partial charge in [-0.3, -0.25) is 10.1 Å². The molecule has 2 aromatic carbocycles. The first-order chi connectivity index (χ1) is 22.8. The Hall–Kier alpha value is -5.47. The normalized spacial score (nSPS) is 11.9. The number of nitrogens with one attached hydrogen (secondary N) is 1. The number of nitrogens with zero attached hydrogens (tertiary/aromatic N) is 2. The van der Waals surface area contributed by atoms with Gasteiger partial charge in [0.1, 0.15) is 18.2 Å². The Morgan fingerprint density at radius 1 is 0.800 bits per heavy atom. The van der Waals surface area contributed by atoms with Crippen molar-refractivity contribution in [3.05, 3.63) is 77.5 Å². The van der Waals surface area contributed by atoms with E-state index in [1.165, 1.54) is 12.1 Å². The van der Waals surface area contributed by atoms with E-state index in [0.717, 1.165) is 38.9 Å². The molecular weight excluding hydrogens is 706 g/mol. The standard InChI is InChI=1S/C23H23FN4O.3C2HF3O2/c1-14-3-5-19(24)7-17(14)8-20(25)13-29-21-9-18(11-26-12-21)16-4-6-23-22(10-16)15(2)27-28-23;3*3-2(4,5)1(6)7/h3-7,9-12,20H,8,13,25H2,1-2H3,(H,27,28);3*(H,6,7)/t20-;;;/m0.../s1. The Labute approximate surface area is 274 Å². The lowest BCUT2D eigenvalue weighted by atomic mass is 10.0. The van der Waals surface area contributed by atoms with Gasteiger partial charge in [-0.05, 0) is 67.3 Å². The van der Waals surface area contributed by atoms with E-state index in [0.29, 0.717) is 18.8 Å². The van der Waals surface area contributed by atoms with E-state index in [9.17, 15) is 43.9 Å². The van der Waals surface area contributed by atoms with Gasteiger partial charge in [0.2, 0.25) is 0 Å². The summed E-state index contributed by atoms with van der Waals surface area (Å²) in [5.74, 6) is -7.87. The fraction of sp³-hybridized carbons (Fsp3) is 0.276. The molecule has 0 saturated carbocycles. The number of aromatic nitrogens is 3. The van der Waals surface area contributed by atoms with Crippen molar-refractivity contribution in [3.8, 4) is 16.9 Å². The second kappa shape index (κ2) is 17.8.